The van der Waals surface area contributed by atoms with E-state index in [1.807, 2.05) is 0 Å². The van der Waals surface area contributed by atoms with Crippen LogP contribution in [-0.4, -0.2) is 49.3 Å². The maximum Gasteiger partial charge on any atom is 0.472 e. The van der Waals surface area contributed by atoms with Crippen molar-refractivity contribution < 1.29 is 37.6 Å². The van der Waals surface area contributed by atoms with E-state index in [1.54, 1.807) is 0 Å². The first kappa shape index (κ1) is 94.6. The van der Waals surface area contributed by atoms with Gasteiger partial charge in [0.1, 0.15) is 6.61 Å². The Morgan fingerprint density at radius 3 is 0.778 bits per heavy atom. The Balaban J connectivity index is 3.83. The smallest absolute Gasteiger partial charge is 0.462 e. The number of hydrogen-bond acceptors (Lipinski definition) is 8. The zero-order valence-electron chi connectivity index (χ0n) is 63.9. The van der Waals surface area contributed by atoms with Gasteiger partial charge in [0, 0.05) is 19.4 Å². The van der Waals surface area contributed by atoms with Crippen molar-refractivity contribution in [3.05, 3.63) is 158 Å². The molecule has 9 nitrogen and oxygen atoms in total. The first-order valence-corrected chi connectivity index (χ1v) is 42.5. The van der Waals surface area contributed by atoms with Crippen LogP contribution in [0.1, 0.15) is 361 Å². The second-order valence-electron chi connectivity index (χ2n) is 26.9. The molecule has 0 fully saturated rings. The minimum atomic E-state index is -4.41. The molecule has 0 spiro atoms. The maximum atomic E-state index is 12.8. The Morgan fingerprint density at radius 1 is 0.303 bits per heavy atom. The van der Waals surface area contributed by atoms with Crippen LogP contribution in [0.3, 0.4) is 0 Å². The third kappa shape index (κ3) is 82.5. The van der Waals surface area contributed by atoms with Crippen molar-refractivity contribution in [2.75, 3.05) is 26.4 Å². The molecule has 0 aromatic heterocycles. The SMILES string of the molecule is CC/C=C\C/C=C\C/C=C\C/C=C\C/C=C\C/C=C\C/C=C\C/C=C\C/C=C\CCCCCCCCCCCC(=O)OC(COC(=O)CCCCCCCCCCCCCCCCCCCCCCCCCCCCCC/C=C\C/C=C\C/C=C\C/C=C\CC)COP(=O)(O)OCCN. The zero-order chi connectivity index (χ0) is 71.5. The predicted octanol–water partition coefficient (Wildman–Crippen LogP) is 27.9. The molecule has 566 valence electrons. The first-order valence-electron chi connectivity index (χ1n) is 41.0. The molecule has 0 rings (SSSR count). The van der Waals surface area contributed by atoms with E-state index in [1.165, 1.54) is 199 Å². The van der Waals surface area contributed by atoms with Crippen LogP contribution in [-0.2, 0) is 32.7 Å². The molecule has 0 bridgehead atoms. The van der Waals surface area contributed by atoms with E-state index in [4.69, 9.17) is 24.3 Å². The van der Waals surface area contributed by atoms with E-state index in [-0.39, 0.29) is 38.6 Å². The van der Waals surface area contributed by atoms with E-state index >= 15 is 0 Å². The van der Waals surface area contributed by atoms with Gasteiger partial charge in [-0.25, -0.2) is 4.57 Å². The average Bonchev–Trinajstić information content (AvgIpc) is 1.64. The fraction of sp³-hybridized carbons (Fsp3) is 0.685. The van der Waals surface area contributed by atoms with Crippen LogP contribution < -0.4 is 5.73 Å². The molecule has 2 atom stereocenters. The molecular formula is C89H152NO8P. The minimum Gasteiger partial charge on any atom is -0.462 e. The van der Waals surface area contributed by atoms with Crippen molar-refractivity contribution >= 4 is 19.8 Å². The van der Waals surface area contributed by atoms with Gasteiger partial charge < -0.3 is 20.1 Å². The number of allylic oxidation sites excluding steroid dienone is 26. The summed E-state index contributed by atoms with van der Waals surface area (Å²) in [6.45, 7) is 3.54. The number of hydrogen-bond donors (Lipinski definition) is 2. The van der Waals surface area contributed by atoms with Gasteiger partial charge in [-0.05, 0) is 122 Å². The lowest BCUT2D eigenvalue weighted by molar-refractivity contribution is -0.161. The fourth-order valence-electron chi connectivity index (χ4n) is 11.4. The summed E-state index contributed by atoms with van der Waals surface area (Å²) in [4.78, 5) is 35.5. The van der Waals surface area contributed by atoms with Crippen LogP contribution in [0.25, 0.3) is 0 Å². The second kappa shape index (κ2) is 82.6. The van der Waals surface area contributed by atoms with E-state index in [9.17, 15) is 19.0 Å². The van der Waals surface area contributed by atoms with Gasteiger partial charge in [-0.3, -0.25) is 18.6 Å². The number of unbranched alkanes of at least 4 members (excludes halogenated alkanes) is 37. The number of ether oxygens (including phenoxy) is 2. The number of carbonyl (C=O) groups is 2. The highest BCUT2D eigenvalue weighted by Gasteiger charge is 2.26. The monoisotopic (exact) mass is 1390 g/mol. The Morgan fingerprint density at radius 2 is 0.525 bits per heavy atom. The summed E-state index contributed by atoms with van der Waals surface area (Å²) in [5.74, 6) is -0.828. The second-order valence-corrected chi connectivity index (χ2v) is 28.3. The number of rotatable bonds is 76. The van der Waals surface area contributed by atoms with Gasteiger partial charge in [-0.2, -0.15) is 0 Å². The average molecular weight is 1400 g/mol. The Hall–Kier alpha value is -4.37. The molecule has 0 aliphatic carbocycles. The molecule has 0 saturated heterocycles. The van der Waals surface area contributed by atoms with Crippen molar-refractivity contribution in [1.29, 1.82) is 0 Å². The lowest BCUT2D eigenvalue weighted by atomic mass is 10.0. The summed E-state index contributed by atoms with van der Waals surface area (Å²) in [6, 6.07) is 0. The molecule has 0 radical (unpaired) electrons. The van der Waals surface area contributed by atoms with Crippen LogP contribution in [0.4, 0.5) is 0 Å². The number of phosphoric ester groups is 1. The molecule has 0 amide bonds. The molecule has 0 aromatic rings. The quantitative estimate of drug-likeness (QED) is 0.0264. The van der Waals surface area contributed by atoms with Gasteiger partial charge in [0.05, 0.1) is 13.2 Å². The summed E-state index contributed by atoms with van der Waals surface area (Å²) in [5, 5.41) is 0. The van der Waals surface area contributed by atoms with Crippen LogP contribution in [0, 0.1) is 0 Å². The lowest BCUT2D eigenvalue weighted by Gasteiger charge is -2.19. The molecule has 0 heterocycles. The fourth-order valence-corrected chi connectivity index (χ4v) is 12.2. The largest absolute Gasteiger partial charge is 0.472 e. The van der Waals surface area contributed by atoms with Crippen molar-refractivity contribution in [1.82, 2.24) is 0 Å². The summed E-state index contributed by atoms with van der Waals surface area (Å²) >= 11 is 0. The topological polar surface area (TPSA) is 134 Å². The normalized spacial score (nSPS) is 13.7. The molecule has 2 unspecified atom stereocenters. The molecule has 3 N–H and O–H groups in total. The molecule has 10 heteroatoms. The van der Waals surface area contributed by atoms with E-state index < -0.39 is 26.5 Å². The van der Waals surface area contributed by atoms with Gasteiger partial charge in [-0.15, -0.1) is 0 Å². The highest BCUT2D eigenvalue weighted by Crippen LogP contribution is 2.43. The van der Waals surface area contributed by atoms with Crippen LogP contribution in [0.15, 0.2) is 158 Å². The Kier molecular flexibility index (Phi) is 78.9. The highest BCUT2D eigenvalue weighted by molar-refractivity contribution is 7.47. The van der Waals surface area contributed by atoms with Crippen molar-refractivity contribution in [2.45, 2.75) is 367 Å². The molecule has 0 aliphatic rings. The van der Waals surface area contributed by atoms with E-state index in [0.29, 0.717) is 6.42 Å². The van der Waals surface area contributed by atoms with Crippen LogP contribution in [0.5, 0.6) is 0 Å². The van der Waals surface area contributed by atoms with E-state index in [0.717, 1.165) is 128 Å². The third-order valence-electron chi connectivity index (χ3n) is 17.4. The standard InChI is InChI=1S/C89H152NO8P/c1-3-5-7-9-11-13-15-17-19-21-23-25-27-29-31-33-35-37-39-41-42-43-44-46-47-49-51-53-55-57-59-61-63-65-67-69-71-73-75-77-79-81-88(91)95-85-87(86-97-99(93,94)96-84-83-90)98-89(92)82-80-78-76-74-72-70-68-66-64-62-60-58-56-54-52-50-48-45-40-38-36-34-32-30-28-26-24-22-20-18-16-14-12-10-8-6-4-2/h5-8,11-14,17-20,23-26,30,32,36,38,45,48,52,54,58,60,87H,3-4,9-10,15-16,21-22,27-29,31,33-35,37,39-44,46-47,49-51,53,55-57,59,61-86,90H2,1-2H3,(H,93,94)/b7-5-,8-6-,13-11-,14-12-,19-17-,20-18-,25-23-,26-24-,32-30-,38-36-,48-45-,54-52-,60-58-. The molecule has 99 heavy (non-hydrogen) atoms. The molecular weight excluding hydrogens is 1240 g/mol. The summed E-state index contributed by atoms with van der Waals surface area (Å²) < 4.78 is 33.3. The van der Waals surface area contributed by atoms with Gasteiger partial charge in [0.15, 0.2) is 6.10 Å². The molecule has 0 aromatic carbocycles. The summed E-state index contributed by atoms with van der Waals surface area (Å²) in [6.07, 6.45) is 121. The lowest BCUT2D eigenvalue weighted by Crippen LogP contribution is -2.29. The highest BCUT2D eigenvalue weighted by atomic mass is 31.2. The molecule has 0 saturated carbocycles. The number of phosphoric acid groups is 1. The maximum absolute atomic E-state index is 12.8. The van der Waals surface area contributed by atoms with E-state index in [2.05, 4.69) is 172 Å². The van der Waals surface area contributed by atoms with Crippen LogP contribution >= 0.6 is 7.82 Å². The van der Waals surface area contributed by atoms with Crippen molar-refractivity contribution in [3.8, 4) is 0 Å². The number of nitrogens with two attached hydrogens (primary N) is 1. The summed E-state index contributed by atoms with van der Waals surface area (Å²) in [7, 11) is -4.41. The van der Waals surface area contributed by atoms with Crippen molar-refractivity contribution in [3.63, 3.8) is 0 Å². The van der Waals surface area contributed by atoms with Crippen molar-refractivity contribution in [2.24, 2.45) is 5.73 Å². The Labute approximate surface area is 610 Å². The number of carbonyl (C=O) groups excluding carboxylic acids is 2. The predicted molar refractivity (Wildman–Crippen MR) is 431 cm³/mol. The van der Waals surface area contributed by atoms with Gasteiger partial charge in [-0.1, -0.05) is 384 Å². The number of esters is 2. The Bertz CT molecular complexity index is 2190. The molecule has 0 aliphatic heterocycles. The van der Waals surface area contributed by atoms with Crippen LogP contribution in [0.2, 0.25) is 0 Å². The minimum absolute atomic E-state index is 0.0476. The van der Waals surface area contributed by atoms with Gasteiger partial charge in [0.25, 0.3) is 0 Å². The first-order chi connectivity index (χ1) is 48.8. The zero-order valence-corrected chi connectivity index (χ0v) is 64.8. The van der Waals surface area contributed by atoms with Gasteiger partial charge in [0.2, 0.25) is 0 Å². The van der Waals surface area contributed by atoms with Gasteiger partial charge >= 0.3 is 19.8 Å². The summed E-state index contributed by atoms with van der Waals surface area (Å²) in [5.41, 5.74) is 5.42. The third-order valence-corrected chi connectivity index (χ3v) is 18.4.